The van der Waals surface area contributed by atoms with Gasteiger partial charge in [0, 0.05) is 18.2 Å². The monoisotopic (exact) mass is 281 g/mol. The molecule has 0 unspecified atom stereocenters. The van der Waals surface area contributed by atoms with Crippen molar-refractivity contribution in [3.63, 3.8) is 0 Å². The summed E-state index contributed by atoms with van der Waals surface area (Å²) in [5.74, 6) is 0.680. The molecule has 0 aliphatic carbocycles. The van der Waals surface area contributed by atoms with Crippen molar-refractivity contribution < 1.29 is 9.45 Å². The Balaban J connectivity index is 2.27. The molecule has 0 bridgehead atoms. The molecule has 2 aromatic rings. The number of nitrogens with zero attached hydrogens (tertiary/aromatic N) is 2. The molecule has 0 saturated carbocycles. The molecule has 1 N–H and O–H groups in total. The molecule has 100 valence electrons. The van der Waals surface area contributed by atoms with E-state index in [9.17, 15) is 10.1 Å². The Kier molecular flexibility index (Phi) is 3.71. The van der Waals surface area contributed by atoms with E-state index in [2.05, 4.69) is 10.5 Å². The summed E-state index contributed by atoms with van der Waals surface area (Å²) in [6.45, 7) is 3.97. The van der Waals surface area contributed by atoms with Gasteiger partial charge in [-0.3, -0.25) is 10.1 Å². The average molecular weight is 282 g/mol. The molecule has 0 amide bonds. The third-order valence-corrected chi connectivity index (χ3v) is 3.13. The topological polar surface area (TPSA) is 81.2 Å². The molecule has 19 heavy (non-hydrogen) atoms. The quantitative estimate of drug-likeness (QED) is 0.685. The number of anilines is 1. The van der Waals surface area contributed by atoms with Gasteiger partial charge in [0.1, 0.15) is 11.4 Å². The van der Waals surface area contributed by atoms with Crippen molar-refractivity contribution in [3.05, 3.63) is 50.4 Å². The minimum Gasteiger partial charge on any atom is -0.374 e. The molecule has 1 heterocycles. The Morgan fingerprint density at radius 1 is 1.47 bits per heavy atom. The minimum atomic E-state index is -0.471. The summed E-state index contributed by atoms with van der Waals surface area (Å²) in [5, 5.41) is 18.1. The van der Waals surface area contributed by atoms with Crippen LogP contribution in [-0.4, -0.2) is 10.1 Å². The molecule has 0 aliphatic heterocycles. The van der Waals surface area contributed by atoms with E-state index in [4.69, 9.17) is 16.1 Å². The minimum absolute atomic E-state index is 0.0562. The standard InChI is InChI=1S/C12H12ClN3O3/c1-7-9(8(2)19-15-7)6-14-12-10(13)4-3-5-11(12)16(17)18/h3-5,14H,6H2,1-2H3. The number of para-hydroxylation sites is 1. The van der Waals surface area contributed by atoms with Crippen molar-refractivity contribution in [2.45, 2.75) is 20.4 Å². The normalized spacial score (nSPS) is 10.5. The molecule has 0 saturated heterocycles. The summed E-state index contributed by atoms with van der Waals surface area (Å²) < 4.78 is 5.03. The maximum absolute atomic E-state index is 10.9. The fourth-order valence-electron chi connectivity index (χ4n) is 1.77. The summed E-state index contributed by atoms with van der Waals surface area (Å²) >= 11 is 5.99. The second-order valence-electron chi connectivity index (χ2n) is 4.05. The van der Waals surface area contributed by atoms with Crippen molar-refractivity contribution in [1.29, 1.82) is 0 Å². The van der Waals surface area contributed by atoms with Crippen molar-refractivity contribution in [1.82, 2.24) is 5.16 Å². The van der Waals surface area contributed by atoms with Gasteiger partial charge in [-0.1, -0.05) is 22.8 Å². The second-order valence-corrected chi connectivity index (χ2v) is 4.45. The Morgan fingerprint density at radius 2 is 2.21 bits per heavy atom. The molecule has 2 rings (SSSR count). The number of hydrogen-bond acceptors (Lipinski definition) is 5. The van der Waals surface area contributed by atoms with Crippen LogP contribution < -0.4 is 5.32 Å². The van der Waals surface area contributed by atoms with Crippen molar-refractivity contribution >= 4 is 23.0 Å². The van der Waals surface area contributed by atoms with Crippen LogP contribution in [0.4, 0.5) is 11.4 Å². The van der Waals surface area contributed by atoms with E-state index in [-0.39, 0.29) is 5.69 Å². The van der Waals surface area contributed by atoms with Gasteiger partial charge in [0.25, 0.3) is 5.69 Å². The van der Waals surface area contributed by atoms with E-state index >= 15 is 0 Å². The van der Waals surface area contributed by atoms with Gasteiger partial charge in [0.05, 0.1) is 15.6 Å². The van der Waals surface area contributed by atoms with Crippen LogP contribution in [0.2, 0.25) is 5.02 Å². The lowest BCUT2D eigenvalue weighted by atomic mass is 10.2. The summed E-state index contributed by atoms with van der Waals surface area (Å²) in [7, 11) is 0. The highest BCUT2D eigenvalue weighted by atomic mass is 35.5. The number of nitro benzene ring substituents is 1. The summed E-state index contributed by atoms with van der Waals surface area (Å²) in [5.41, 5.74) is 1.86. The zero-order valence-electron chi connectivity index (χ0n) is 10.4. The van der Waals surface area contributed by atoms with Crippen LogP contribution in [0, 0.1) is 24.0 Å². The van der Waals surface area contributed by atoms with E-state index in [1.807, 2.05) is 6.92 Å². The molecule has 1 aromatic carbocycles. The summed E-state index contributed by atoms with van der Waals surface area (Å²) in [4.78, 5) is 10.5. The molecule has 6 nitrogen and oxygen atoms in total. The van der Waals surface area contributed by atoms with E-state index in [0.29, 0.717) is 23.0 Å². The molecular formula is C12H12ClN3O3. The van der Waals surface area contributed by atoms with Crippen LogP contribution in [0.1, 0.15) is 17.0 Å². The van der Waals surface area contributed by atoms with Gasteiger partial charge < -0.3 is 9.84 Å². The highest BCUT2D eigenvalue weighted by Gasteiger charge is 2.17. The predicted molar refractivity (Wildman–Crippen MR) is 71.4 cm³/mol. The molecular weight excluding hydrogens is 270 g/mol. The summed E-state index contributed by atoms with van der Waals surface area (Å²) in [6, 6.07) is 4.55. The second kappa shape index (κ2) is 5.27. The highest BCUT2D eigenvalue weighted by Crippen LogP contribution is 2.32. The van der Waals surface area contributed by atoms with Crippen molar-refractivity contribution in [2.75, 3.05) is 5.32 Å². The van der Waals surface area contributed by atoms with Crippen LogP contribution >= 0.6 is 11.6 Å². The van der Waals surface area contributed by atoms with E-state index in [1.165, 1.54) is 6.07 Å². The van der Waals surface area contributed by atoms with Gasteiger partial charge in [0.2, 0.25) is 0 Å². The Hall–Kier alpha value is -2.08. The maximum Gasteiger partial charge on any atom is 0.293 e. The molecule has 0 atom stereocenters. The van der Waals surface area contributed by atoms with E-state index in [0.717, 1.165) is 11.3 Å². The lowest BCUT2D eigenvalue weighted by Crippen LogP contribution is -2.04. The number of aromatic nitrogens is 1. The highest BCUT2D eigenvalue weighted by molar-refractivity contribution is 6.33. The van der Waals surface area contributed by atoms with Gasteiger partial charge in [0.15, 0.2) is 0 Å². The zero-order chi connectivity index (χ0) is 14.0. The lowest BCUT2D eigenvalue weighted by molar-refractivity contribution is -0.383. The molecule has 1 aromatic heterocycles. The van der Waals surface area contributed by atoms with Gasteiger partial charge >= 0.3 is 0 Å². The molecule has 0 spiro atoms. The lowest BCUT2D eigenvalue weighted by Gasteiger charge is -2.08. The Labute approximate surface area is 114 Å². The molecule has 0 radical (unpaired) electrons. The first-order valence-electron chi connectivity index (χ1n) is 5.59. The van der Waals surface area contributed by atoms with E-state index < -0.39 is 4.92 Å². The van der Waals surface area contributed by atoms with Gasteiger partial charge in [-0.25, -0.2) is 0 Å². The van der Waals surface area contributed by atoms with Crippen molar-refractivity contribution in [3.8, 4) is 0 Å². The fourth-order valence-corrected chi connectivity index (χ4v) is 2.01. The van der Waals surface area contributed by atoms with Crippen LogP contribution in [0.25, 0.3) is 0 Å². The predicted octanol–water partition coefficient (Wildman–Crippen LogP) is 3.47. The first kappa shape index (κ1) is 13.4. The largest absolute Gasteiger partial charge is 0.374 e. The zero-order valence-corrected chi connectivity index (χ0v) is 11.2. The van der Waals surface area contributed by atoms with Crippen LogP contribution in [0.3, 0.4) is 0 Å². The fraction of sp³-hybridized carbons (Fsp3) is 0.250. The van der Waals surface area contributed by atoms with Gasteiger partial charge in [-0.2, -0.15) is 0 Å². The average Bonchev–Trinajstić information content (AvgIpc) is 2.67. The van der Waals surface area contributed by atoms with Crippen LogP contribution in [0.15, 0.2) is 22.7 Å². The number of aryl methyl sites for hydroxylation is 2. The SMILES string of the molecule is Cc1noc(C)c1CNc1c(Cl)cccc1[N+](=O)[O-]. The molecule has 7 heteroatoms. The van der Waals surface area contributed by atoms with E-state index in [1.54, 1.807) is 19.1 Å². The Morgan fingerprint density at radius 3 is 2.79 bits per heavy atom. The third kappa shape index (κ3) is 2.68. The maximum atomic E-state index is 10.9. The number of halogens is 1. The summed E-state index contributed by atoms with van der Waals surface area (Å²) in [6.07, 6.45) is 0. The van der Waals surface area contributed by atoms with Crippen LogP contribution in [0.5, 0.6) is 0 Å². The molecule has 0 aliphatic rings. The van der Waals surface area contributed by atoms with Crippen LogP contribution in [-0.2, 0) is 6.54 Å². The number of benzene rings is 1. The smallest absolute Gasteiger partial charge is 0.293 e. The first-order valence-corrected chi connectivity index (χ1v) is 5.97. The number of nitro groups is 1. The van der Waals surface area contributed by atoms with Gasteiger partial charge in [-0.15, -0.1) is 0 Å². The van der Waals surface area contributed by atoms with Gasteiger partial charge in [-0.05, 0) is 19.9 Å². The number of rotatable bonds is 4. The number of nitrogens with one attached hydrogen (secondary N) is 1. The third-order valence-electron chi connectivity index (χ3n) is 2.81. The van der Waals surface area contributed by atoms with Crippen molar-refractivity contribution in [2.24, 2.45) is 0 Å². The molecule has 0 fully saturated rings. The first-order chi connectivity index (χ1) is 9.00. The number of hydrogen-bond donors (Lipinski definition) is 1. The Bertz CT molecular complexity index is 605.